The van der Waals surface area contributed by atoms with E-state index in [1.807, 2.05) is 0 Å². The first kappa shape index (κ1) is 18.7. The standard InChI is InChI=1S/C17H28O3/c1-16(18)14-12-10-8-6-4-3-5-7-9-11-13-15-17(19)20-2/h3-7,9,11-15H2,1-2H3. The number of rotatable bonds is 11. The SMILES string of the molecule is COC(=O)CCCCCCCCCC#CCCC(C)=O. The van der Waals surface area contributed by atoms with Gasteiger partial charge >= 0.3 is 5.97 Å². The largest absolute Gasteiger partial charge is 0.469 e. The van der Waals surface area contributed by atoms with Crippen LogP contribution >= 0.6 is 0 Å². The van der Waals surface area contributed by atoms with Gasteiger partial charge in [0.05, 0.1) is 7.11 Å². The zero-order valence-corrected chi connectivity index (χ0v) is 13.0. The predicted molar refractivity (Wildman–Crippen MR) is 81.3 cm³/mol. The summed E-state index contributed by atoms with van der Waals surface area (Å²) in [5, 5.41) is 0. The first-order chi connectivity index (χ1) is 9.66. The summed E-state index contributed by atoms with van der Waals surface area (Å²) in [5.41, 5.74) is 0. The summed E-state index contributed by atoms with van der Waals surface area (Å²) in [4.78, 5) is 21.6. The Labute approximate surface area is 123 Å². The number of Topliss-reactive ketones (excluding diaryl/α,β-unsaturated/α-hetero) is 1. The minimum Gasteiger partial charge on any atom is -0.469 e. The highest BCUT2D eigenvalue weighted by atomic mass is 16.5. The zero-order valence-electron chi connectivity index (χ0n) is 13.0. The number of hydrogen-bond acceptors (Lipinski definition) is 3. The van der Waals surface area contributed by atoms with Gasteiger partial charge in [-0.05, 0) is 19.8 Å². The summed E-state index contributed by atoms with van der Waals surface area (Å²) in [7, 11) is 1.44. The van der Waals surface area contributed by atoms with Gasteiger partial charge in [-0.1, -0.05) is 32.1 Å². The summed E-state index contributed by atoms with van der Waals surface area (Å²) in [6, 6.07) is 0. The van der Waals surface area contributed by atoms with Crippen LogP contribution < -0.4 is 0 Å². The van der Waals surface area contributed by atoms with Crippen LogP contribution in [0.1, 0.15) is 77.6 Å². The lowest BCUT2D eigenvalue weighted by Crippen LogP contribution is -1.99. The molecule has 0 saturated carbocycles. The van der Waals surface area contributed by atoms with Crippen LogP contribution in [0.4, 0.5) is 0 Å². The lowest BCUT2D eigenvalue weighted by atomic mass is 10.1. The van der Waals surface area contributed by atoms with Gasteiger partial charge in [-0.15, -0.1) is 11.8 Å². The van der Waals surface area contributed by atoms with E-state index in [4.69, 9.17) is 0 Å². The van der Waals surface area contributed by atoms with Crippen LogP contribution in [-0.2, 0) is 14.3 Å². The summed E-state index contributed by atoms with van der Waals surface area (Å²) >= 11 is 0. The Balaban J connectivity index is 3.17. The third kappa shape index (κ3) is 14.8. The number of carbonyl (C=O) groups is 2. The Morgan fingerprint density at radius 3 is 1.95 bits per heavy atom. The fourth-order valence-corrected chi connectivity index (χ4v) is 1.88. The number of ether oxygens (including phenoxy) is 1. The fourth-order valence-electron chi connectivity index (χ4n) is 1.88. The van der Waals surface area contributed by atoms with E-state index in [9.17, 15) is 9.59 Å². The zero-order chi connectivity index (χ0) is 15.1. The Hall–Kier alpha value is -1.30. The second-order valence-corrected chi connectivity index (χ2v) is 5.11. The maximum Gasteiger partial charge on any atom is 0.305 e. The van der Waals surface area contributed by atoms with Crippen molar-refractivity contribution in [1.29, 1.82) is 0 Å². The van der Waals surface area contributed by atoms with E-state index in [1.165, 1.54) is 32.8 Å². The van der Waals surface area contributed by atoms with Gasteiger partial charge in [0.15, 0.2) is 0 Å². The molecule has 0 N–H and O–H groups in total. The highest BCUT2D eigenvalue weighted by Gasteiger charge is 1.98. The van der Waals surface area contributed by atoms with Crippen LogP contribution in [0, 0.1) is 11.8 Å². The average molecular weight is 280 g/mol. The van der Waals surface area contributed by atoms with Gasteiger partial charge in [0.2, 0.25) is 0 Å². The van der Waals surface area contributed by atoms with Gasteiger partial charge in [-0.3, -0.25) is 9.59 Å². The number of ketones is 1. The number of carbonyl (C=O) groups excluding carboxylic acids is 2. The van der Waals surface area contributed by atoms with E-state index < -0.39 is 0 Å². The highest BCUT2D eigenvalue weighted by molar-refractivity contribution is 5.75. The number of hydrogen-bond donors (Lipinski definition) is 0. The molecule has 0 atom stereocenters. The Morgan fingerprint density at radius 2 is 1.35 bits per heavy atom. The van der Waals surface area contributed by atoms with Gasteiger partial charge < -0.3 is 4.74 Å². The van der Waals surface area contributed by atoms with Crippen molar-refractivity contribution in [3.8, 4) is 11.8 Å². The number of esters is 1. The molecule has 0 heterocycles. The topological polar surface area (TPSA) is 43.4 Å². The smallest absolute Gasteiger partial charge is 0.305 e. The van der Waals surface area contributed by atoms with Crippen molar-refractivity contribution in [1.82, 2.24) is 0 Å². The van der Waals surface area contributed by atoms with Crippen molar-refractivity contribution in [2.45, 2.75) is 77.6 Å². The lowest BCUT2D eigenvalue weighted by molar-refractivity contribution is -0.140. The molecule has 0 rings (SSSR count). The molecule has 3 heteroatoms. The summed E-state index contributed by atoms with van der Waals surface area (Å²) < 4.78 is 4.59. The Morgan fingerprint density at radius 1 is 0.800 bits per heavy atom. The van der Waals surface area contributed by atoms with E-state index in [1.54, 1.807) is 6.92 Å². The minimum atomic E-state index is -0.103. The molecule has 0 aliphatic rings. The molecule has 0 saturated heterocycles. The summed E-state index contributed by atoms with van der Waals surface area (Å²) in [6.45, 7) is 1.60. The van der Waals surface area contributed by atoms with Crippen molar-refractivity contribution >= 4 is 11.8 Å². The van der Waals surface area contributed by atoms with Crippen LogP contribution in [0.2, 0.25) is 0 Å². The normalized spacial score (nSPS) is 9.70. The molecule has 0 bridgehead atoms. The van der Waals surface area contributed by atoms with Crippen molar-refractivity contribution < 1.29 is 14.3 Å². The Kier molecular flexibility index (Phi) is 13.2. The van der Waals surface area contributed by atoms with E-state index in [0.717, 1.165) is 25.7 Å². The summed E-state index contributed by atoms with van der Waals surface area (Å²) in [5.74, 6) is 6.27. The van der Waals surface area contributed by atoms with E-state index in [2.05, 4.69) is 16.6 Å². The van der Waals surface area contributed by atoms with Gasteiger partial charge in [0.1, 0.15) is 5.78 Å². The van der Waals surface area contributed by atoms with Crippen molar-refractivity contribution in [3.63, 3.8) is 0 Å². The molecule has 20 heavy (non-hydrogen) atoms. The molecular weight excluding hydrogens is 252 g/mol. The molecule has 0 aromatic rings. The molecule has 0 unspecified atom stereocenters. The van der Waals surface area contributed by atoms with Crippen LogP contribution in [0.5, 0.6) is 0 Å². The number of methoxy groups -OCH3 is 1. The van der Waals surface area contributed by atoms with Crippen LogP contribution in [-0.4, -0.2) is 18.9 Å². The molecule has 0 spiro atoms. The van der Waals surface area contributed by atoms with Crippen molar-refractivity contribution in [3.05, 3.63) is 0 Å². The van der Waals surface area contributed by atoms with Crippen LogP contribution in [0.15, 0.2) is 0 Å². The molecular formula is C17H28O3. The molecule has 0 aromatic heterocycles. The average Bonchev–Trinajstić information content (AvgIpc) is 2.43. The second kappa shape index (κ2) is 14.1. The van der Waals surface area contributed by atoms with Crippen LogP contribution in [0.3, 0.4) is 0 Å². The van der Waals surface area contributed by atoms with E-state index in [-0.39, 0.29) is 11.8 Å². The van der Waals surface area contributed by atoms with Crippen LogP contribution in [0.25, 0.3) is 0 Å². The second-order valence-electron chi connectivity index (χ2n) is 5.11. The molecule has 0 fully saturated rings. The van der Waals surface area contributed by atoms with E-state index >= 15 is 0 Å². The monoisotopic (exact) mass is 280 g/mol. The predicted octanol–water partition coefficient (Wildman–Crippen LogP) is 4.04. The molecule has 0 aliphatic carbocycles. The third-order valence-corrected chi connectivity index (χ3v) is 3.14. The first-order valence-corrected chi connectivity index (χ1v) is 7.68. The lowest BCUT2D eigenvalue weighted by Gasteiger charge is -2.00. The molecule has 0 aromatic carbocycles. The van der Waals surface area contributed by atoms with Gasteiger partial charge in [-0.2, -0.15) is 0 Å². The highest BCUT2D eigenvalue weighted by Crippen LogP contribution is 2.09. The molecule has 0 amide bonds. The maximum atomic E-state index is 10.9. The van der Waals surface area contributed by atoms with Gasteiger partial charge in [-0.25, -0.2) is 0 Å². The molecule has 3 nitrogen and oxygen atoms in total. The quantitative estimate of drug-likeness (QED) is 0.326. The maximum absolute atomic E-state index is 10.9. The summed E-state index contributed by atoms with van der Waals surface area (Å²) in [6.07, 6.45) is 10.9. The van der Waals surface area contributed by atoms with E-state index in [0.29, 0.717) is 19.3 Å². The molecule has 0 aliphatic heterocycles. The van der Waals surface area contributed by atoms with Crippen molar-refractivity contribution in [2.75, 3.05) is 7.11 Å². The molecule has 114 valence electrons. The Bertz CT molecular complexity index is 323. The first-order valence-electron chi connectivity index (χ1n) is 7.68. The fraction of sp³-hybridized carbons (Fsp3) is 0.765. The van der Waals surface area contributed by atoms with Gasteiger partial charge in [0, 0.05) is 25.7 Å². The van der Waals surface area contributed by atoms with Gasteiger partial charge in [0.25, 0.3) is 0 Å². The minimum absolute atomic E-state index is 0.103. The third-order valence-electron chi connectivity index (χ3n) is 3.14. The number of unbranched alkanes of at least 4 members (excludes halogenated alkanes) is 7. The van der Waals surface area contributed by atoms with Crippen molar-refractivity contribution in [2.24, 2.45) is 0 Å². The molecule has 0 radical (unpaired) electrons.